The lowest BCUT2D eigenvalue weighted by atomic mass is 10.1. The molecule has 1 aromatic heterocycles. The van der Waals surface area contributed by atoms with E-state index in [9.17, 15) is 9.59 Å². The molecule has 22 heavy (non-hydrogen) atoms. The first kappa shape index (κ1) is 14.6. The predicted octanol–water partition coefficient (Wildman–Crippen LogP) is 4.35. The summed E-state index contributed by atoms with van der Waals surface area (Å²) in [4.78, 5) is 24.2. The van der Waals surface area contributed by atoms with Crippen LogP contribution in [0.15, 0.2) is 57.7 Å². The van der Waals surface area contributed by atoms with Crippen molar-refractivity contribution >= 4 is 45.8 Å². The third-order valence-electron chi connectivity index (χ3n) is 3.09. The van der Waals surface area contributed by atoms with Gasteiger partial charge < -0.3 is 9.73 Å². The van der Waals surface area contributed by atoms with E-state index < -0.39 is 11.5 Å². The Hall–Kier alpha value is -2.30. The Labute approximate surface area is 135 Å². The van der Waals surface area contributed by atoms with Gasteiger partial charge in [0.2, 0.25) is 0 Å². The molecule has 6 heteroatoms. The van der Waals surface area contributed by atoms with Crippen molar-refractivity contribution in [1.82, 2.24) is 0 Å². The molecule has 1 amide bonds. The molecule has 2 aromatic carbocycles. The molecule has 0 bridgehead atoms. The number of fused-ring (bicyclic) bond motifs is 1. The van der Waals surface area contributed by atoms with E-state index in [2.05, 4.69) is 5.32 Å². The summed E-state index contributed by atoms with van der Waals surface area (Å²) in [5, 5.41) is 3.75. The maximum Gasteiger partial charge on any atom is 0.349 e. The van der Waals surface area contributed by atoms with Crippen LogP contribution in [0.5, 0.6) is 0 Å². The molecule has 3 aromatic rings. The Bertz CT molecular complexity index is 914. The third-order valence-corrected chi connectivity index (χ3v) is 3.72. The summed E-state index contributed by atoms with van der Waals surface area (Å²) in [6.45, 7) is 0. The van der Waals surface area contributed by atoms with Crippen LogP contribution in [0.1, 0.15) is 10.4 Å². The van der Waals surface area contributed by atoms with Crippen molar-refractivity contribution in [2.45, 2.75) is 0 Å². The zero-order valence-electron chi connectivity index (χ0n) is 11.1. The second-order valence-electron chi connectivity index (χ2n) is 4.54. The zero-order chi connectivity index (χ0) is 15.7. The van der Waals surface area contributed by atoms with E-state index in [1.54, 1.807) is 42.5 Å². The third kappa shape index (κ3) is 2.71. The number of hydrogen-bond acceptors (Lipinski definition) is 3. The van der Waals surface area contributed by atoms with E-state index in [4.69, 9.17) is 27.6 Å². The fourth-order valence-corrected chi connectivity index (χ4v) is 2.51. The van der Waals surface area contributed by atoms with Gasteiger partial charge in [-0.1, -0.05) is 47.5 Å². The molecule has 0 saturated carbocycles. The minimum atomic E-state index is -0.723. The minimum Gasteiger partial charge on any atom is -0.422 e. The first-order valence-electron chi connectivity index (χ1n) is 6.34. The minimum absolute atomic E-state index is 0.116. The van der Waals surface area contributed by atoms with Gasteiger partial charge in [-0.2, -0.15) is 0 Å². The monoisotopic (exact) mass is 333 g/mol. The van der Waals surface area contributed by atoms with Crippen LogP contribution >= 0.6 is 23.2 Å². The topological polar surface area (TPSA) is 59.3 Å². The number of benzene rings is 2. The van der Waals surface area contributed by atoms with E-state index in [1.165, 1.54) is 6.07 Å². The van der Waals surface area contributed by atoms with E-state index in [1.807, 2.05) is 0 Å². The number of carbonyl (C=O) groups is 1. The molecule has 3 rings (SSSR count). The van der Waals surface area contributed by atoms with Crippen molar-refractivity contribution in [3.8, 4) is 0 Å². The lowest BCUT2D eigenvalue weighted by Gasteiger charge is -2.08. The largest absolute Gasteiger partial charge is 0.422 e. The summed E-state index contributed by atoms with van der Waals surface area (Å²) in [5.41, 5.74) is -0.169. The highest BCUT2D eigenvalue weighted by molar-refractivity contribution is 6.40. The number of nitrogens with one attached hydrogen (secondary N) is 1. The van der Waals surface area contributed by atoms with Crippen molar-refractivity contribution in [3.05, 3.63) is 74.6 Å². The van der Waals surface area contributed by atoms with Gasteiger partial charge in [-0.05, 0) is 24.3 Å². The standard InChI is InChI=1S/C16H9Cl2NO3/c17-11-5-3-6-12(18)14(11)19-15(20)10-8-9-4-1-2-7-13(9)22-16(10)21/h1-8H,(H,19,20). The van der Waals surface area contributed by atoms with Crippen LogP contribution in [0, 0.1) is 0 Å². The average Bonchev–Trinajstić information content (AvgIpc) is 2.50. The Morgan fingerprint density at radius 1 is 1.00 bits per heavy atom. The van der Waals surface area contributed by atoms with Gasteiger partial charge in [0.1, 0.15) is 11.1 Å². The quantitative estimate of drug-likeness (QED) is 0.709. The van der Waals surface area contributed by atoms with Gasteiger partial charge in [0, 0.05) is 5.39 Å². The first-order valence-corrected chi connectivity index (χ1v) is 7.10. The molecular formula is C16H9Cl2NO3. The molecule has 1 N–H and O–H groups in total. The SMILES string of the molecule is O=C(Nc1c(Cl)cccc1Cl)c1cc2ccccc2oc1=O. The van der Waals surface area contributed by atoms with E-state index in [-0.39, 0.29) is 21.3 Å². The maximum atomic E-state index is 12.3. The van der Waals surface area contributed by atoms with E-state index in [0.29, 0.717) is 11.0 Å². The van der Waals surface area contributed by atoms with Crippen molar-refractivity contribution in [3.63, 3.8) is 0 Å². The highest BCUT2D eigenvalue weighted by atomic mass is 35.5. The van der Waals surface area contributed by atoms with Crippen LogP contribution in [0.3, 0.4) is 0 Å². The summed E-state index contributed by atoms with van der Waals surface area (Å²) in [5.74, 6) is -0.630. The second kappa shape index (κ2) is 5.83. The smallest absolute Gasteiger partial charge is 0.349 e. The fourth-order valence-electron chi connectivity index (χ4n) is 2.02. The summed E-state index contributed by atoms with van der Waals surface area (Å²) in [6.07, 6.45) is 0. The normalized spacial score (nSPS) is 10.6. The van der Waals surface area contributed by atoms with Gasteiger partial charge in [-0.15, -0.1) is 0 Å². The summed E-state index contributed by atoms with van der Waals surface area (Å²) >= 11 is 12.0. The Kier molecular flexibility index (Phi) is 3.88. The summed E-state index contributed by atoms with van der Waals surface area (Å²) in [7, 11) is 0. The summed E-state index contributed by atoms with van der Waals surface area (Å²) < 4.78 is 5.13. The van der Waals surface area contributed by atoms with Crippen molar-refractivity contribution < 1.29 is 9.21 Å². The molecule has 0 aliphatic rings. The molecule has 0 unspecified atom stereocenters. The molecular weight excluding hydrogens is 325 g/mol. The van der Waals surface area contributed by atoms with E-state index in [0.717, 1.165) is 0 Å². The molecule has 110 valence electrons. The van der Waals surface area contributed by atoms with Gasteiger partial charge in [0.25, 0.3) is 5.91 Å². The van der Waals surface area contributed by atoms with Crippen LogP contribution in [0.4, 0.5) is 5.69 Å². The van der Waals surface area contributed by atoms with Crippen molar-refractivity contribution in [2.75, 3.05) is 5.32 Å². The number of anilines is 1. The fraction of sp³-hybridized carbons (Fsp3) is 0. The van der Waals surface area contributed by atoms with Gasteiger partial charge in [0.15, 0.2) is 0 Å². The van der Waals surface area contributed by atoms with Gasteiger partial charge >= 0.3 is 5.63 Å². The Morgan fingerprint density at radius 3 is 2.41 bits per heavy atom. The lowest BCUT2D eigenvalue weighted by molar-refractivity contribution is 0.102. The van der Waals surface area contributed by atoms with Gasteiger partial charge in [-0.3, -0.25) is 4.79 Å². The van der Waals surface area contributed by atoms with Crippen LogP contribution in [0.25, 0.3) is 11.0 Å². The van der Waals surface area contributed by atoms with E-state index >= 15 is 0 Å². The van der Waals surface area contributed by atoms with Crippen LogP contribution in [0.2, 0.25) is 10.0 Å². The highest BCUT2D eigenvalue weighted by Crippen LogP contribution is 2.30. The maximum absolute atomic E-state index is 12.3. The summed E-state index contributed by atoms with van der Waals surface area (Å²) in [6, 6.07) is 13.2. The van der Waals surface area contributed by atoms with Crippen LogP contribution in [-0.4, -0.2) is 5.91 Å². The molecule has 0 aliphatic heterocycles. The van der Waals surface area contributed by atoms with Gasteiger partial charge in [-0.25, -0.2) is 4.79 Å². The zero-order valence-corrected chi connectivity index (χ0v) is 12.6. The van der Waals surface area contributed by atoms with Gasteiger partial charge in [0.05, 0.1) is 15.7 Å². The number of amides is 1. The van der Waals surface area contributed by atoms with Crippen molar-refractivity contribution in [2.24, 2.45) is 0 Å². The number of halogens is 2. The number of hydrogen-bond donors (Lipinski definition) is 1. The van der Waals surface area contributed by atoms with Crippen LogP contribution in [-0.2, 0) is 0 Å². The number of para-hydroxylation sites is 2. The Balaban J connectivity index is 2.02. The predicted molar refractivity (Wildman–Crippen MR) is 86.9 cm³/mol. The Morgan fingerprint density at radius 2 is 1.68 bits per heavy atom. The molecule has 0 saturated heterocycles. The second-order valence-corrected chi connectivity index (χ2v) is 5.35. The molecule has 0 atom stereocenters. The molecule has 0 aliphatic carbocycles. The first-order chi connectivity index (χ1) is 10.6. The number of rotatable bonds is 2. The molecule has 4 nitrogen and oxygen atoms in total. The molecule has 0 spiro atoms. The molecule has 0 fully saturated rings. The average molecular weight is 334 g/mol. The molecule has 0 radical (unpaired) electrons. The lowest BCUT2D eigenvalue weighted by Crippen LogP contribution is -2.21. The number of carbonyl (C=O) groups excluding carboxylic acids is 1. The molecule has 1 heterocycles. The van der Waals surface area contributed by atoms with Crippen LogP contribution < -0.4 is 10.9 Å². The highest BCUT2D eigenvalue weighted by Gasteiger charge is 2.16. The van der Waals surface area contributed by atoms with Crippen molar-refractivity contribution in [1.29, 1.82) is 0 Å².